The van der Waals surface area contributed by atoms with Crippen molar-refractivity contribution in [1.29, 1.82) is 0 Å². The van der Waals surface area contributed by atoms with E-state index in [0.717, 1.165) is 0 Å². The summed E-state index contributed by atoms with van der Waals surface area (Å²) in [6.45, 7) is 2.06. The molecule has 198 valence electrons. The summed E-state index contributed by atoms with van der Waals surface area (Å²) in [4.78, 5) is 23.2. The summed E-state index contributed by atoms with van der Waals surface area (Å²) in [5, 5.41) is 10.2. The number of carboxylic acid groups (broad SMARTS) is 1. The van der Waals surface area contributed by atoms with Crippen molar-refractivity contribution in [1.82, 2.24) is 14.5 Å². The van der Waals surface area contributed by atoms with Gasteiger partial charge < -0.3 is 15.3 Å². The van der Waals surface area contributed by atoms with Crippen molar-refractivity contribution in [3.8, 4) is 0 Å². The molecule has 0 saturated carbocycles. The Morgan fingerprint density at radius 1 is 0.944 bits per heavy atom. The highest BCUT2D eigenvalue weighted by molar-refractivity contribution is 7.89. The number of halogens is 5. The molecule has 1 saturated heterocycles. The van der Waals surface area contributed by atoms with Crippen LogP contribution >= 0.6 is 0 Å². The van der Waals surface area contributed by atoms with Crippen LogP contribution in [0.5, 0.6) is 0 Å². The molecule has 1 amide bonds. The molecule has 0 aliphatic carbocycles. The minimum absolute atomic E-state index is 0.0279. The van der Waals surface area contributed by atoms with Crippen molar-refractivity contribution in [2.45, 2.75) is 12.7 Å². The number of carbonyl (C=O) groups excluding carboxylic acids is 1. The lowest BCUT2D eigenvalue weighted by Crippen LogP contribution is -2.48. The fourth-order valence-corrected chi connectivity index (χ4v) is 4.56. The summed E-state index contributed by atoms with van der Waals surface area (Å²) in [5.41, 5.74) is 0.925. The maximum absolute atomic E-state index is 13.2. The number of nitrogens with zero attached hydrogens (tertiary/aromatic N) is 2. The number of carboxylic acids is 1. The molecule has 0 bridgehead atoms. The van der Waals surface area contributed by atoms with Crippen molar-refractivity contribution >= 4 is 21.9 Å². The van der Waals surface area contributed by atoms with Crippen molar-refractivity contribution < 1.29 is 45.1 Å². The van der Waals surface area contributed by atoms with E-state index >= 15 is 0 Å². The minimum Gasteiger partial charge on any atom is -0.475 e. The summed E-state index contributed by atoms with van der Waals surface area (Å²) in [5.74, 6) is -4.25. The van der Waals surface area contributed by atoms with Crippen molar-refractivity contribution in [2.75, 3.05) is 38.5 Å². The van der Waals surface area contributed by atoms with E-state index in [0.29, 0.717) is 31.7 Å². The van der Waals surface area contributed by atoms with E-state index in [1.807, 2.05) is 0 Å². The number of nitrogens with one attached hydrogen (secondary N) is 1. The Labute approximate surface area is 204 Å². The Morgan fingerprint density at radius 2 is 1.42 bits per heavy atom. The van der Waals surface area contributed by atoms with Crippen molar-refractivity contribution in [3.05, 3.63) is 71.3 Å². The summed E-state index contributed by atoms with van der Waals surface area (Å²) in [6.07, 6.45) is -5.08. The van der Waals surface area contributed by atoms with Gasteiger partial charge in [0.25, 0.3) is 5.91 Å². The van der Waals surface area contributed by atoms with Gasteiger partial charge in [0.2, 0.25) is 10.0 Å². The van der Waals surface area contributed by atoms with Gasteiger partial charge >= 0.3 is 12.1 Å². The lowest BCUT2D eigenvalue weighted by molar-refractivity contribution is -0.192. The van der Waals surface area contributed by atoms with E-state index in [2.05, 4.69) is 5.32 Å². The Hall–Kier alpha value is -3.10. The Balaban J connectivity index is 0.000000572. The average molecular weight is 538 g/mol. The average Bonchev–Trinajstić information content (AvgIpc) is 2.83. The van der Waals surface area contributed by atoms with Crippen LogP contribution in [0.4, 0.5) is 22.0 Å². The Bertz CT molecular complexity index is 1120. The lowest BCUT2D eigenvalue weighted by atomic mass is 10.1. The maximum atomic E-state index is 13.2. The quantitative estimate of drug-likeness (QED) is 0.526. The summed E-state index contributed by atoms with van der Waals surface area (Å²) >= 11 is 0. The molecule has 8 nitrogen and oxygen atoms in total. The molecule has 2 aromatic rings. The molecule has 36 heavy (non-hydrogen) atoms. The highest BCUT2D eigenvalue weighted by Gasteiger charge is 2.38. The summed E-state index contributed by atoms with van der Waals surface area (Å²) < 4.78 is 84.8. The molecule has 2 aromatic carbocycles. The highest BCUT2D eigenvalue weighted by Crippen LogP contribution is 2.14. The number of rotatable bonds is 7. The van der Waals surface area contributed by atoms with Gasteiger partial charge in [-0.15, -0.1) is 0 Å². The van der Waals surface area contributed by atoms with Gasteiger partial charge in [-0.25, -0.2) is 22.0 Å². The third kappa shape index (κ3) is 9.17. The number of benzene rings is 2. The number of piperazine rings is 1. The van der Waals surface area contributed by atoms with E-state index in [1.165, 1.54) is 45.6 Å². The molecule has 0 unspecified atom stereocenters. The molecule has 0 aromatic heterocycles. The van der Waals surface area contributed by atoms with Gasteiger partial charge in [0, 0.05) is 44.8 Å². The largest absolute Gasteiger partial charge is 0.490 e. The zero-order valence-electron chi connectivity index (χ0n) is 18.8. The Kier molecular flexibility index (Phi) is 10.3. The number of sulfonamides is 1. The number of aliphatic carboxylic acids is 1. The van der Waals surface area contributed by atoms with Gasteiger partial charge in [-0.1, -0.05) is 12.1 Å². The van der Waals surface area contributed by atoms with Crippen LogP contribution in [0.3, 0.4) is 0 Å². The van der Waals surface area contributed by atoms with E-state index in [1.54, 1.807) is 12.1 Å². The molecule has 0 spiro atoms. The van der Waals surface area contributed by atoms with Gasteiger partial charge in [-0.05, 0) is 42.0 Å². The molecule has 1 aliphatic heterocycles. The second-order valence-corrected chi connectivity index (χ2v) is 9.72. The zero-order chi connectivity index (χ0) is 26.9. The first kappa shape index (κ1) is 29.1. The van der Waals surface area contributed by atoms with Crippen LogP contribution in [0.25, 0.3) is 0 Å². The number of hydrogen-bond acceptors (Lipinski definition) is 5. The van der Waals surface area contributed by atoms with Crippen molar-refractivity contribution in [3.63, 3.8) is 0 Å². The minimum atomic E-state index is -5.08. The van der Waals surface area contributed by atoms with Crippen LogP contribution < -0.4 is 5.32 Å². The third-order valence-electron chi connectivity index (χ3n) is 5.00. The number of amides is 1. The fourth-order valence-electron chi connectivity index (χ4n) is 3.11. The van der Waals surface area contributed by atoms with Crippen LogP contribution in [-0.4, -0.2) is 79.3 Å². The predicted octanol–water partition coefficient (Wildman–Crippen LogP) is 2.48. The molecule has 14 heteroatoms. The van der Waals surface area contributed by atoms with Gasteiger partial charge in [0.15, 0.2) is 0 Å². The molecule has 2 N–H and O–H groups in total. The second kappa shape index (κ2) is 12.7. The molecular weight excluding hydrogens is 513 g/mol. The molecular formula is C22H24F5N3O5S. The number of carbonyl (C=O) groups is 2. The van der Waals surface area contributed by atoms with E-state index < -0.39 is 39.7 Å². The first-order valence-corrected chi connectivity index (χ1v) is 12.2. The van der Waals surface area contributed by atoms with E-state index in [4.69, 9.17) is 9.90 Å². The standard InChI is InChI=1S/C20H23F2N3O3S.C2HF3O2/c21-18-5-1-16(2-6-18)15-24(20(26)17-3-7-19(22)8-4-17)13-14-29(27,28)25-11-9-23-10-12-25;3-2(4,5)1(6)7/h1-8,23H,9-15H2;(H,6,7). The van der Waals surface area contributed by atoms with Crippen LogP contribution in [0, 0.1) is 11.6 Å². The molecule has 0 atom stereocenters. The number of alkyl halides is 3. The van der Waals surface area contributed by atoms with Gasteiger partial charge in [-0.2, -0.15) is 17.5 Å². The lowest BCUT2D eigenvalue weighted by Gasteiger charge is -2.28. The highest BCUT2D eigenvalue weighted by atomic mass is 32.2. The summed E-state index contributed by atoms with van der Waals surface area (Å²) in [7, 11) is -3.52. The molecule has 1 aliphatic rings. The van der Waals surface area contributed by atoms with Crippen LogP contribution in [0.1, 0.15) is 15.9 Å². The molecule has 1 fully saturated rings. The molecule has 1 heterocycles. The maximum Gasteiger partial charge on any atom is 0.490 e. The van der Waals surface area contributed by atoms with Crippen LogP contribution in [0.2, 0.25) is 0 Å². The number of hydrogen-bond donors (Lipinski definition) is 2. The van der Waals surface area contributed by atoms with E-state index in [-0.39, 0.29) is 24.4 Å². The first-order valence-electron chi connectivity index (χ1n) is 10.6. The fraction of sp³-hybridized carbons (Fsp3) is 0.364. The Morgan fingerprint density at radius 3 is 1.89 bits per heavy atom. The van der Waals surface area contributed by atoms with Crippen LogP contribution in [0.15, 0.2) is 48.5 Å². The monoisotopic (exact) mass is 537 g/mol. The summed E-state index contributed by atoms with van der Waals surface area (Å²) in [6, 6.07) is 10.7. The SMILES string of the molecule is O=C(O)C(F)(F)F.O=C(c1ccc(F)cc1)N(CCS(=O)(=O)N1CCNCC1)Cc1ccc(F)cc1. The zero-order valence-corrected chi connectivity index (χ0v) is 19.7. The van der Waals surface area contributed by atoms with Crippen molar-refractivity contribution in [2.24, 2.45) is 0 Å². The topological polar surface area (TPSA) is 107 Å². The van der Waals surface area contributed by atoms with E-state index in [9.17, 15) is 35.2 Å². The normalized spacial score (nSPS) is 14.5. The molecule has 3 rings (SSSR count). The predicted molar refractivity (Wildman–Crippen MR) is 119 cm³/mol. The van der Waals surface area contributed by atoms with Gasteiger partial charge in [0.1, 0.15) is 11.6 Å². The van der Waals surface area contributed by atoms with Gasteiger partial charge in [0.05, 0.1) is 5.75 Å². The first-order chi connectivity index (χ1) is 16.8. The second-order valence-electron chi connectivity index (χ2n) is 7.63. The van der Waals surface area contributed by atoms with Gasteiger partial charge in [-0.3, -0.25) is 4.79 Å². The smallest absolute Gasteiger partial charge is 0.475 e. The molecule has 0 radical (unpaired) electrons. The third-order valence-corrected chi connectivity index (χ3v) is 6.85. The van der Waals surface area contributed by atoms with Crippen LogP contribution in [-0.2, 0) is 21.4 Å².